The van der Waals surface area contributed by atoms with Gasteiger partial charge in [0.05, 0.1) is 3.57 Å². The van der Waals surface area contributed by atoms with Gasteiger partial charge in [0.15, 0.2) is 11.5 Å². The molecule has 4 nitrogen and oxygen atoms in total. The molecular weight excluding hydrogens is 534 g/mol. The zero-order valence-electron chi connectivity index (χ0n) is 13.5. The summed E-state index contributed by atoms with van der Waals surface area (Å²) >= 11 is 4.24. The summed E-state index contributed by atoms with van der Waals surface area (Å²) in [6, 6.07) is 0. The van der Waals surface area contributed by atoms with E-state index in [4.69, 9.17) is 0 Å². The summed E-state index contributed by atoms with van der Waals surface area (Å²) in [7, 11) is 0. The second kappa shape index (κ2) is 5.69. The number of phenolic OH excluding ortho intramolecular Hbond substituents is 4. The van der Waals surface area contributed by atoms with Crippen LogP contribution in [0.4, 0.5) is 0 Å². The van der Waals surface area contributed by atoms with Crippen LogP contribution in [0.3, 0.4) is 0 Å². The van der Waals surface area contributed by atoms with Crippen molar-refractivity contribution in [2.45, 2.75) is 27.7 Å². The highest BCUT2D eigenvalue weighted by Gasteiger charge is 2.25. The van der Waals surface area contributed by atoms with E-state index in [1.54, 1.807) is 20.8 Å². The molecule has 0 heterocycles. The van der Waals surface area contributed by atoms with E-state index < -0.39 is 0 Å². The van der Waals surface area contributed by atoms with Gasteiger partial charge in [0.1, 0.15) is 11.5 Å². The lowest BCUT2D eigenvalue weighted by Gasteiger charge is -2.20. The summed E-state index contributed by atoms with van der Waals surface area (Å²) in [6.07, 6.45) is 0. The summed E-state index contributed by atoms with van der Waals surface area (Å²) < 4.78 is 1.51. The molecule has 0 aliphatic heterocycles. The lowest BCUT2D eigenvalue weighted by molar-refractivity contribution is 0.405. The molecule has 0 radical (unpaired) electrons. The standard InChI is InChI=1S/C18H16I2O4/c1-5-9-12(18(24)17(23)7(3)13(9)19)6(2)11-10(5)14(20)16(22)8(4)15(11)21/h21-24H,1-4H3. The first kappa shape index (κ1) is 17.7. The van der Waals surface area contributed by atoms with Crippen molar-refractivity contribution < 1.29 is 20.4 Å². The number of benzene rings is 3. The van der Waals surface area contributed by atoms with Crippen LogP contribution in [0, 0.1) is 34.8 Å². The maximum absolute atomic E-state index is 10.6. The van der Waals surface area contributed by atoms with Crippen LogP contribution in [0.2, 0.25) is 0 Å². The topological polar surface area (TPSA) is 80.9 Å². The minimum absolute atomic E-state index is 0.000103. The third-order valence-corrected chi connectivity index (χ3v) is 7.14. The minimum Gasteiger partial charge on any atom is -0.507 e. The van der Waals surface area contributed by atoms with E-state index in [9.17, 15) is 20.4 Å². The Kier molecular flexibility index (Phi) is 4.18. The molecule has 0 aliphatic rings. The average Bonchev–Trinajstić information content (AvgIpc) is 2.55. The molecule has 4 N–H and O–H groups in total. The molecule has 3 rings (SSSR count). The highest BCUT2D eigenvalue weighted by molar-refractivity contribution is 14.1. The Hall–Kier alpha value is -1.16. The highest BCUT2D eigenvalue weighted by atomic mass is 127. The lowest BCUT2D eigenvalue weighted by Crippen LogP contribution is -1.97. The van der Waals surface area contributed by atoms with Gasteiger partial charge in [-0.3, -0.25) is 0 Å². The lowest BCUT2D eigenvalue weighted by atomic mass is 9.89. The highest BCUT2D eigenvalue weighted by Crippen LogP contribution is 2.50. The third kappa shape index (κ3) is 2.08. The van der Waals surface area contributed by atoms with Gasteiger partial charge >= 0.3 is 0 Å². The maximum atomic E-state index is 10.6. The molecule has 3 aromatic rings. The zero-order valence-corrected chi connectivity index (χ0v) is 17.9. The number of aromatic hydroxyl groups is 4. The van der Waals surface area contributed by atoms with Crippen LogP contribution < -0.4 is 0 Å². The second-order valence-corrected chi connectivity index (χ2v) is 8.18. The van der Waals surface area contributed by atoms with Gasteiger partial charge in [-0.15, -0.1) is 0 Å². The van der Waals surface area contributed by atoms with Crippen LogP contribution >= 0.6 is 45.2 Å². The normalized spacial score (nSPS) is 11.6. The van der Waals surface area contributed by atoms with E-state index in [-0.39, 0.29) is 23.0 Å². The Morgan fingerprint density at radius 2 is 0.917 bits per heavy atom. The molecule has 3 aromatic carbocycles. The summed E-state index contributed by atoms with van der Waals surface area (Å²) in [5, 5.41) is 44.4. The van der Waals surface area contributed by atoms with Crippen LogP contribution in [-0.2, 0) is 0 Å². The van der Waals surface area contributed by atoms with E-state index in [1.807, 2.05) is 6.92 Å². The molecule has 24 heavy (non-hydrogen) atoms. The number of aryl methyl sites for hydroxylation is 2. The van der Waals surface area contributed by atoms with E-state index >= 15 is 0 Å². The number of hydrogen-bond acceptors (Lipinski definition) is 4. The van der Waals surface area contributed by atoms with Gasteiger partial charge in [0, 0.05) is 36.2 Å². The largest absolute Gasteiger partial charge is 0.507 e. The quantitative estimate of drug-likeness (QED) is 0.175. The number of rotatable bonds is 0. The molecule has 0 spiro atoms. The van der Waals surface area contributed by atoms with Crippen LogP contribution in [0.15, 0.2) is 0 Å². The summed E-state index contributed by atoms with van der Waals surface area (Å²) in [6.45, 7) is 7.12. The second-order valence-electron chi connectivity index (χ2n) is 6.02. The van der Waals surface area contributed by atoms with Crippen LogP contribution in [0.1, 0.15) is 22.3 Å². The van der Waals surface area contributed by atoms with E-state index in [0.29, 0.717) is 31.0 Å². The number of fused-ring (bicyclic) bond motifs is 2. The number of halogens is 2. The van der Waals surface area contributed by atoms with Crippen molar-refractivity contribution >= 4 is 66.7 Å². The van der Waals surface area contributed by atoms with Crippen molar-refractivity contribution in [3.05, 3.63) is 29.4 Å². The molecule has 6 heteroatoms. The third-order valence-electron chi connectivity index (χ3n) is 4.74. The molecule has 0 saturated carbocycles. The fourth-order valence-electron chi connectivity index (χ4n) is 3.31. The number of phenols is 4. The molecule has 0 amide bonds. The predicted molar refractivity (Wildman–Crippen MR) is 112 cm³/mol. The van der Waals surface area contributed by atoms with Crippen molar-refractivity contribution in [3.63, 3.8) is 0 Å². The van der Waals surface area contributed by atoms with Crippen molar-refractivity contribution in [2.24, 2.45) is 0 Å². The van der Waals surface area contributed by atoms with Crippen molar-refractivity contribution in [1.29, 1.82) is 0 Å². The molecule has 0 fully saturated rings. The van der Waals surface area contributed by atoms with Crippen molar-refractivity contribution in [2.75, 3.05) is 0 Å². The molecule has 0 bridgehead atoms. The maximum Gasteiger partial charge on any atom is 0.166 e. The van der Waals surface area contributed by atoms with Gasteiger partial charge < -0.3 is 20.4 Å². The Labute approximate surface area is 166 Å². The van der Waals surface area contributed by atoms with Gasteiger partial charge in [-0.05, 0) is 84.0 Å². The average molecular weight is 550 g/mol. The Bertz CT molecular complexity index is 890. The Morgan fingerprint density at radius 1 is 0.458 bits per heavy atom. The summed E-state index contributed by atoms with van der Waals surface area (Å²) in [5.41, 5.74) is 2.54. The zero-order chi connectivity index (χ0) is 18.1. The van der Waals surface area contributed by atoms with E-state index in [1.165, 1.54) is 0 Å². The molecular formula is C18H16I2O4. The first-order valence-corrected chi connectivity index (χ1v) is 9.43. The van der Waals surface area contributed by atoms with Gasteiger partial charge in [-0.25, -0.2) is 0 Å². The van der Waals surface area contributed by atoms with E-state index in [2.05, 4.69) is 45.2 Å². The molecule has 126 valence electrons. The summed E-state index contributed by atoms with van der Waals surface area (Å²) in [5.74, 6) is -0.249. The van der Waals surface area contributed by atoms with Crippen molar-refractivity contribution in [1.82, 2.24) is 0 Å². The Morgan fingerprint density at radius 3 is 1.50 bits per heavy atom. The molecule has 0 saturated heterocycles. The minimum atomic E-state index is -0.175. The van der Waals surface area contributed by atoms with E-state index in [0.717, 1.165) is 19.9 Å². The molecule has 0 aliphatic carbocycles. The van der Waals surface area contributed by atoms with Gasteiger partial charge in [-0.2, -0.15) is 0 Å². The molecule has 0 atom stereocenters. The first-order valence-electron chi connectivity index (χ1n) is 7.27. The van der Waals surface area contributed by atoms with Gasteiger partial charge in [0.2, 0.25) is 0 Å². The summed E-state index contributed by atoms with van der Waals surface area (Å²) in [4.78, 5) is 0. The van der Waals surface area contributed by atoms with Gasteiger partial charge in [-0.1, -0.05) is 0 Å². The fourth-order valence-corrected chi connectivity index (χ4v) is 5.32. The fraction of sp³-hybridized carbons (Fsp3) is 0.222. The van der Waals surface area contributed by atoms with Crippen LogP contribution in [-0.4, -0.2) is 20.4 Å². The monoisotopic (exact) mass is 550 g/mol. The van der Waals surface area contributed by atoms with Crippen LogP contribution in [0.5, 0.6) is 23.0 Å². The first-order chi connectivity index (χ1) is 11.1. The predicted octanol–water partition coefficient (Wildman–Crippen LogP) is 5.26. The Balaban J connectivity index is 2.82. The SMILES string of the molecule is Cc1c(O)c(I)c2c(C)c3c(I)c(C)c(O)c(O)c3c(C)c2c1O. The van der Waals surface area contributed by atoms with Crippen LogP contribution in [0.25, 0.3) is 21.5 Å². The molecule has 0 unspecified atom stereocenters. The molecule has 0 aromatic heterocycles. The van der Waals surface area contributed by atoms with Crippen molar-refractivity contribution in [3.8, 4) is 23.0 Å². The van der Waals surface area contributed by atoms with Gasteiger partial charge in [0.25, 0.3) is 0 Å². The smallest absolute Gasteiger partial charge is 0.166 e. The number of hydrogen-bond donors (Lipinski definition) is 4.